The Hall–Kier alpha value is -4.90. The molecule has 0 spiro atoms. The van der Waals surface area contributed by atoms with Crippen molar-refractivity contribution in [1.82, 2.24) is 19.9 Å². The Labute approximate surface area is 203 Å². The molecule has 0 aliphatic carbocycles. The van der Waals surface area contributed by atoms with Crippen LogP contribution in [0.4, 0.5) is 11.4 Å². The van der Waals surface area contributed by atoms with Crippen LogP contribution in [0, 0.1) is 0 Å². The monoisotopic (exact) mass is 451 g/mol. The van der Waals surface area contributed by atoms with Gasteiger partial charge in [0.25, 0.3) is 0 Å². The number of fused-ring (bicyclic) bond motifs is 1. The van der Waals surface area contributed by atoms with Crippen molar-refractivity contribution >= 4 is 22.1 Å². The lowest BCUT2D eigenvalue weighted by atomic mass is 9.94. The fourth-order valence-corrected chi connectivity index (χ4v) is 4.38. The van der Waals surface area contributed by atoms with E-state index in [1.54, 1.807) is 6.20 Å². The molecule has 0 fully saturated rings. The van der Waals surface area contributed by atoms with Gasteiger partial charge in [0.2, 0.25) is 0 Å². The Kier molecular flexibility index (Phi) is 5.41. The van der Waals surface area contributed by atoms with E-state index < -0.39 is 0 Å². The van der Waals surface area contributed by atoms with E-state index in [0.717, 1.165) is 44.4 Å². The molecule has 0 atom stereocenters. The summed E-state index contributed by atoms with van der Waals surface area (Å²) in [6.07, 6.45) is 6.74. The molecule has 6 aromatic rings. The van der Waals surface area contributed by atoms with Crippen LogP contribution in [0.5, 0.6) is 0 Å². The molecule has 0 aliphatic heterocycles. The third-order valence-electron chi connectivity index (χ3n) is 6.03. The van der Waals surface area contributed by atoms with Crippen molar-refractivity contribution in [3.63, 3.8) is 0 Å². The van der Waals surface area contributed by atoms with Crippen molar-refractivity contribution in [2.75, 3.05) is 5.32 Å². The number of pyridine rings is 1. The average Bonchev–Trinajstić information content (AvgIpc) is 2.94. The predicted molar refractivity (Wildman–Crippen MR) is 141 cm³/mol. The fourth-order valence-electron chi connectivity index (χ4n) is 4.38. The maximum Gasteiger partial charge on any atom is 0.163 e. The third-order valence-corrected chi connectivity index (χ3v) is 6.03. The van der Waals surface area contributed by atoms with Gasteiger partial charge >= 0.3 is 0 Å². The number of hydrogen-bond donors (Lipinski definition) is 1. The van der Waals surface area contributed by atoms with Crippen molar-refractivity contribution in [3.05, 3.63) is 122 Å². The van der Waals surface area contributed by atoms with Gasteiger partial charge in [-0.25, -0.2) is 15.0 Å². The van der Waals surface area contributed by atoms with E-state index >= 15 is 0 Å². The number of anilines is 2. The van der Waals surface area contributed by atoms with E-state index in [1.165, 1.54) is 18.2 Å². The molecule has 166 valence electrons. The summed E-state index contributed by atoms with van der Waals surface area (Å²) >= 11 is 0. The molecule has 0 saturated carbocycles. The minimum absolute atomic E-state index is 0.676. The van der Waals surface area contributed by atoms with Crippen molar-refractivity contribution in [2.24, 2.45) is 0 Å². The van der Waals surface area contributed by atoms with Gasteiger partial charge in [-0.3, -0.25) is 4.98 Å². The van der Waals surface area contributed by atoms with E-state index in [9.17, 15) is 0 Å². The first-order valence-corrected chi connectivity index (χ1v) is 11.4. The number of nitrogens with one attached hydrogen (secondary N) is 1. The minimum Gasteiger partial charge on any atom is -0.355 e. The van der Waals surface area contributed by atoms with Crippen molar-refractivity contribution < 1.29 is 0 Å². The summed E-state index contributed by atoms with van der Waals surface area (Å²) in [4.78, 5) is 16.9. The average molecular weight is 452 g/mol. The zero-order valence-electron chi connectivity index (χ0n) is 18.8. The van der Waals surface area contributed by atoms with E-state index in [1.807, 2.05) is 30.5 Å². The lowest BCUT2D eigenvalue weighted by Crippen LogP contribution is -1.94. The zero-order valence-corrected chi connectivity index (χ0v) is 18.8. The molecule has 4 aromatic carbocycles. The number of hydrogen-bond acceptors (Lipinski definition) is 5. The number of aromatic nitrogens is 4. The van der Waals surface area contributed by atoms with Gasteiger partial charge in [-0.2, -0.15) is 0 Å². The highest BCUT2D eigenvalue weighted by Crippen LogP contribution is 2.35. The summed E-state index contributed by atoms with van der Waals surface area (Å²) < 4.78 is 0. The summed E-state index contributed by atoms with van der Waals surface area (Å²) in [5.74, 6) is 0.676. The number of para-hydroxylation sites is 1. The van der Waals surface area contributed by atoms with Crippen LogP contribution in [0.2, 0.25) is 0 Å². The van der Waals surface area contributed by atoms with Crippen LogP contribution in [0.15, 0.2) is 122 Å². The van der Waals surface area contributed by atoms with Gasteiger partial charge < -0.3 is 5.32 Å². The van der Waals surface area contributed by atoms with Crippen LogP contribution < -0.4 is 5.32 Å². The number of benzene rings is 4. The van der Waals surface area contributed by atoms with Crippen molar-refractivity contribution in [2.45, 2.75) is 0 Å². The molecule has 2 aromatic heterocycles. The molecule has 35 heavy (non-hydrogen) atoms. The number of rotatable bonds is 5. The fraction of sp³-hybridized carbons (Fsp3) is 0. The van der Waals surface area contributed by atoms with Gasteiger partial charge in [0, 0.05) is 40.5 Å². The van der Waals surface area contributed by atoms with Crippen LogP contribution in [0.3, 0.4) is 0 Å². The zero-order chi connectivity index (χ0) is 23.5. The van der Waals surface area contributed by atoms with Gasteiger partial charge in [-0.1, -0.05) is 66.7 Å². The first-order valence-electron chi connectivity index (χ1n) is 11.4. The molecule has 5 heteroatoms. The predicted octanol–water partition coefficient (Wildman–Crippen LogP) is 7.16. The van der Waals surface area contributed by atoms with Gasteiger partial charge in [-0.15, -0.1) is 0 Å². The largest absolute Gasteiger partial charge is 0.355 e. The summed E-state index contributed by atoms with van der Waals surface area (Å²) in [6, 6.07) is 33.4. The van der Waals surface area contributed by atoms with Crippen LogP contribution in [-0.2, 0) is 0 Å². The molecule has 6 rings (SSSR count). The van der Waals surface area contributed by atoms with Crippen molar-refractivity contribution in [1.29, 1.82) is 0 Å². The summed E-state index contributed by atoms with van der Waals surface area (Å²) in [7, 11) is 0. The molecule has 5 nitrogen and oxygen atoms in total. The Morgan fingerprint density at radius 2 is 1.23 bits per heavy atom. The van der Waals surface area contributed by atoms with Crippen molar-refractivity contribution in [3.8, 4) is 33.6 Å². The summed E-state index contributed by atoms with van der Waals surface area (Å²) in [5, 5.41) is 5.84. The summed E-state index contributed by atoms with van der Waals surface area (Å²) in [5.41, 5.74) is 7.57. The topological polar surface area (TPSA) is 63.6 Å². The van der Waals surface area contributed by atoms with E-state index in [4.69, 9.17) is 0 Å². The molecule has 0 radical (unpaired) electrons. The molecule has 0 bridgehead atoms. The molecule has 0 amide bonds. The molecule has 0 saturated heterocycles. The maximum atomic E-state index is 4.35. The van der Waals surface area contributed by atoms with Crippen LogP contribution in [-0.4, -0.2) is 19.9 Å². The highest BCUT2D eigenvalue weighted by molar-refractivity contribution is 6.04. The quantitative estimate of drug-likeness (QED) is 0.301. The second-order valence-corrected chi connectivity index (χ2v) is 8.16. The normalized spacial score (nSPS) is 10.9. The second kappa shape index (κ2) is 9.15. The van der Waals surface area contributed by atoms with E-state index in [2.05, 4.69) is 98.0 Å². The van der Waals surface area contributed by atoms with Gasteiger partial charge in [0.05, 0.1) is 0 Å². The van der Waals surface area contributed by atoms with Crippen LogP contribution in [0.1, 0.15) is 0 Å². The first kappa shape index (κ1) is 20.7. The Balaban J connectivity index is 1.34. The minimum atomic E-state index is 0.676. The van der Waals surface area contributed by atoms with Gasteiger partial charge in [0.15, 0.2) is 5.82 Å². The standard InChI is InChI=1S/C30H21N5/c1-2-9-27-26(8-1)24(15-16-28(27)30-33-19-32-20-34-30)21-11-13-23(14-12-21)35-29-10-4-3-7-25(29)22-6-5-17-31-18-22/h1-20,35H. The highest BCUT2D eigenvalue weighted by atomic mass is 15.0. The lowest BCUT2D eigenvalue weighted by molar-refractivity contribution is 1.06. The molecular formula is C30H21N5. The van der Waals surface area contributed by atoms with E-state index in [-0.39, 0.29) is 0 Å². The molecule has 0 unspecified atom stereocenters. The molecule has 1 N–H and O–H groups in total. The maximum absolute atomic E-state index is 4.35. The summed E-state index contributed by atoms with van der Waals surface area (Å²) in [6.45, 7) is 0. The molecule has 0 aliphatic rings. The van der Waals surface area contributed by atoms with Crippen LogP contribution in [0.25, 0.3) is 44.4 Å². The third kappa shape index (κ3) is 4.11. The van der Waals surface area contributed by atoms with Gasteiger partial charge in [-0.05, 0) is 52.2 Å². The Bertz CT molecular complexity index is 1600. The Morgan fingerprint density at radius 3 is 2.00 bits per heavy atom. The second-order valence-electron chi connectivity index (χ2n) is 8.16. The first-order chi connectivity index (χ1) is 17.4. The molecular weight excluding hydrogens is 430 g/mol. The van der Waals surface area contributed by atoms with E-state index in [0.29, 0.717) is 5.82 Å². The SMILES string of the molecule is c1cncc(-c2ccccc2Nc2ccc(-c3ccc(-c4ncncn4)c4ccccc34)cc2)c1. The van der Waals surface area contributed by atoms with Crippen LogP contribution >= 0.6 is 0 Å². The smallest absolute Gasteiger partial charge is 0.163 e. The van der Waals surface area contributed by atoms with Gasteiger partial charge in [0.1, 0.15) is 12.7 Å². The highest BCUT2D eigenvalue weighted by Gasteiger charge is 2.11. The number of nitrogens with zero attached hydrogens (tertiary/aromatic N) is 4. The lowest BCUT2D eigenvalue weighted by Gasteiger charge is -2.14. The molecule has 2 heterocycles. The Morgan fingerprint density at radius 1 is 0.514 bits per heavy atom.